The molecule has 0 bridgehead atoms. The second-order valence-electron chi connectivity index (χ2n) is 4.57. The maximum absolute atomic E-state index is 11.8. The van der Waals surface area contributed by atoms with Crippen LogP contribution in [0.15, 0.2) is 30.3 Å². The van der Waals surface area contributed by atoms with Crippen LogP contribution in [0.2, 0.25) is 0 Å². The molecular weight excluding hydrogens is 216 g/mol. The molecule has 0 unspecified atom stereocenters. The predicted octanol–water partition coefficient (Wildman–Crippen LogP) is 1.23. The standard InChI is InChI=1S/C13H20N2O2/c1-13(2,17-3)9-15-12(16)11(14)10-7-5-4-6-8-10/h4-8,11H,9,14H2,1-3H3,(H,15,16)/t11-/m1/s1. The number of nitrogens with two attached hydrogens (primary N) is 1. The number of rotatable bonds is 5. The molecule has 4 nitrogen and oxygen atoms in total. The fourth-order valence-electron chi connectivity index (χ4n) is 1.29. The fourth-order valence-corrected chi connectivity index (χ4v) is 1.29. The number of methoxy groups -OCH3 is 1. The van der Waals surface area contributed by atoms with E-state index in [1.165, 1.54) is 0 Å². The highest BCUT2D eigenvalue weighted by Gasteiger charge is 2.20. The van der Waals surface area contributed by atoms with Gasteiger partial charge in [0.2, 0.25) is 5.91 Å². The molecule has 94 valence electrons. The summed E-state index contributed by atoms with van der Waals surface area (Å²) in [5, 5.41) is 2.78. The van der Waals surface area contributed by atoms with Crippen molar-refractivity contribution in [2.75, 3.05) is 13.7 Å². The first-order chi connectivity index (χ1) is 7.96. The normalized spacial score (nSPS) is 13.2. The average molecular weight is 236 g/mol. The van der Waals surface area contributed by atoms with Gasteiger partial charge in [0.05, 0.1) is 5.60 Å². The quantitative estimate of drug-likeness (QED) is 0.808. The number of hydrogen-bond acceptors (Lipinski definition) is 3. The molecule has 1 aromatic carbocycles. The van der Waals surface area contributed by atoms with Crippen LogP contribution >= 0.6 is 0 Å². The van der Waals surface area contributed by atoms with Crippen LogP contribution in [-0.2, 0) is 9.53 Å². The van der Waals surface area contributed by atoms with Crippen LogP contribution in [0, 0.1) is 0 Å². The molecule has 1 amide bonds. The van der Waals surface area contributed by atoms with Crippen molar-refractivity contribution >= 4 is 5.91 Å². The molecule has 0 spiro atoms. The van der Waals surface area contributed by atoms with Gasteiger partial charge in [-0.05, 0) is 19.4 Å². The van der Waals surface area contributed by atoms with Crippen LogP contribution in [-0.4, -0.2) is 25.2 Å². The van der Waals surface area contributed by atoms with E-state index in [2.05, 4.69) is 5.32 Å². The molecule has 0 aliphatic carbocycles. The van der Waals surface area contributed by atoms with Gasteiger partial charge in [0.1, 0.15) is 6.04 Å². The van der Waals surface area contributed by atoms with E-state index < -0.39 is 6.04 Å². The van der Waals surface area contributed by atoms with Gasteiger partial charge in [0, 0.05) is 13.7 Å². The third-order valence-electron chi connectivity index (χ3n) is 2.68. The van der Waals surface area contributed by atoms with Gasteiger partial charge in [0.15, 0.2) is 0 Å². The van der Waals surface area contributed by atoms with E-state index in [-0.39, 0.29) is 11.5 Å². The van der Waals surface area contributed by atoms with Gasteiger partial charge in [-0.25, -0.2) is 0 Å². The summed E-state index contributed by atoms with van der Waals surface area (Å²) in [5.74, 6) is -0.193. The lowest BCUT2D eigenvalue weighted by atomic mass is 10.1. The highest BCUT2D eigenvalue weighted by molar-refractivity contribution is 5.82. The summed E-state index contributed by atoms with van der Waals surface area (Å²) in [4.78, 5) is 11.8. The molecule has 0 saturated carbocycles. The summed E-state index contributed by atoms with van der Waals surface area (Å²) in [6.45, 7) is 4.24. The molecule has 0 aliphatic rings. The Labute approximate surface area is 102 Å². The number of carbonyl (C=O) groups excluding carboxylic acids is 1. The molecule has 3 N–H and O–H groups in total. The maximum atomic E-state index is 11.8. The zero-order valence-electron chi connectivity index (χ0n) is 10.6. The molecule has 0 aromatic heterocycles. The van der Waals surface area contributed by atoms with Crippen LogP contribution in [0.25, 0.3) is 0 Å². The van der Waals surface area contributed by atoms with Crippen molar-refractivity contribution in [2.45, 2.75) is 25.5 Å². The van der Waals surface area contributed by atoms with Crippen LogP contribution in [0.3, 0.4) is 0 Å². The van der Waals surface area contributed by atoms with Crippen molar-refractivity contribution in [1.29, 1.82) is 0 Å². The van der Waals surface area contributed by atoms with E-state index in [1.54, 1.807) is 7.11 Å². The number of carbonyl (C=O) groups is 1. The van der Waals surface area contributed by atoms with Gasteiger partial charge in [0.25, 0.3) is 0 Å². The van der Waals surface area contributed by atoms with Crippen molar-refractivity contribution in [2.24, 2.45) is 5.73 Å². The van der Waals surface area contributed by atoms with Gasteiger partial charge in [-0.2, -0.15) is 0 Å². The summed E-state index contributed by atoms with van der Waals surface area (Å²) in [6, 6.07) is 8.66. The number of hydrogen-bond donors (Lipinski definition) is 2. The Kier molecular flexibility index (Phi) is 4.66. The Morgan fingerprint density at radius 1 is 1.41 bits per heavy atom. The summed E-state index contributed by atoms with van der Waals surface area (Å²) in [5.41, 5.74) is 6.28. The molecule has 1 atom stereocenters. The van der Waals surface area contributed by atoms with Gasteiger partial charge in [-0.15, -0.1) is 0 Å². The topological polar surface area (TPSA) is 64.3 Å². The van der Waals surface area contributed by atoms with Crippen molar-refractivity contribution in [3.8, 4) is 0 Å². The summed E-state index contributed by atoms with van der Waals surface area (Å²) in [6.07, 6.45) is 0. The molecule has 0 saturated heterocycles. The third-order valence-corrected chi connectivity index (χ3v) is 2.68. The maximum Gasteiger partial charge on any atom is 0.241 e. The molecule has 17 heavy (non-hydrogen) atoms. The monoisotopic (exact) mass is 236 g/mol. The van der Waals surface area contributed by atoms with E-state index in [4.69, 9.17) is 10.5 Å². The number of benzene rings is 1. The molecule has 0 fully saturated rings. The fraction of sp³-hybridized carbons (Fsp3) is 0.462. The molecule has 0 radical (unpaired) electrons. The number of nitrogens with one attached hydrogen (secondary N) is 1. The minimum absolute atomic E-state index is 0.193. The Morgan fingerprint density at radius 2 is 2.00 bits per heavy atom. The minimum atomic E-state index is -0.635. The van der Waals surface area contributed by atoms with Crippen molar-refractivity contribution in [1.82, 2.24) is 5.32 Å². The van der Waals surface area contributed by atoms with Gasteiger partial charge >= 0.3 is 0 Å². The lowest BCUT2D eigenvalue weighted by Gasteiger charge is -2.24. The first-order valence-corrected chi connectivity index (χ1v) is 5.59. The third kappa shape index (κ3) is 4.17. The SMILES string of the molecule is COC(C)(C)CNC(=O)[C@H](N)c1ccccc1. The van der Waals surface area contributed by atoms with Gasteiger partial charge in [-0.1, -0.05) is 30.3 Å². The van der Waals surface area contributed by atoms with Crippen LogP contribution < -0.4 is 11.1 Å². The van der Waals surface area contributed by atoms with Gasteiger partial charge in [-0.3, -0.25) is 4.79 Å². The van der Waals surface area contributed by atoms with Crippen LogP contribution in [0.1, 0.15) is 25.5 Å². The Balaban J connectivity index is 2.54. The van der Waals surface area contributed by atoms with E-state index in [0.717, 1.165) is 5.56 Å². The smallest absolute Gasteiger partial charge is 0.241 e. The summed E-state index contributed by atoms with van der Waals surface area (Å²) in [7, 11) is 1.61. The summed E-state index contributed by atoms with van der Waals surface area (Å²) >= 11 is 0. The highest BCUT2D eigenvalue weighted by atomic mass is 16.5. The second kappa shape index (κ2) is 5.80. The molecule has 1 aromatic rings. The average Bonchev–Trinajstić information content (AvgIpc) is 2.36. The summed E-state index contributed by atoms with van der Waals surface area (Å²) < 4.78 is 5.22. The number of ether oxygens (including phenoxy) is 1. The molecule has 0 heterocycles. The van der Waals surface area contributed by atoms with Crippen molar-refractivity contribution in [3.63, 3.8) is 0 Å². The predicted molar refractivity (Wildman–Crippen MR) is 67.5 cm³/mol. The lowest BCUT2D eigenvalue weighted by molar-refractivity contribution is -0.123. The van der Waals surface area contributed by atoms with Gasteiger partial charge < -0.3 is 15.8 Å². The van der Waals surface area contributed by atoms with Crippen molar-refractivity contribution in [3.05, 3.63) is 35.9 Å². The first kappa shape index (κ1) is 13.7. The zero-order chi connectivity index (χ0) is 12.9. The molecule has 4 heteroatoms. The zero-order valence-corrected chi connectivity index (χ0v) is 10.6. The number of amides is 1. The van der Waals surface area contributed by atoms with Crippen LogP contribution in [0.4, 0.5) is 0 Å². The second-order valence-corrected chi connectivity index (χ2v) is 4.57. The Hall–Kier alpha value is -1.39. The van der Waals surface area contributed by atoms with E-state index in [9.17, 15) is 4.79 Å². The van der Waals surface area contributed by atoms with E-state index in [1.807, 2.05) is 44.2 Å². The van der Waals surface area contributed by atoms with E-state index >= 15 is 0 Å². The van der Waals surface area contributed by atoms with E-state index in [0.29, 0.717) is 6.54 Å². The largest absolute Gasteiger partial charge is 0.377 e. The highest BCUT2D eigenvalue weighted by Crippen LogP contribution is 2.10. The van der Waals surface area contributed by atoms with Crippen LogP contribution in [0.5, 0.6) is 0 Å². The van der Waals surface area contributed by atoms with Crippen molar-refractivity contribution < 1.29 is 9.53 Å². The molecule has 0 aliphatic heterocycles. The first-order valence-electron chi connectivity index (χ1n) is 5.59. The minimum Gasteiger partial charge on any atom is -0.377 e. The Morgan fingerprint density at radius 3 is 2.53 bits per heavy atom. The lowest BCUT2D eigenvalue weighted by Crippen LogP contribution is -2.43. The Bertz CT molecular complexity index is 363. The molecular formula is C13H20N2O2. The molecule has 1 rings (SSSR count).